The number of aromatic nitrogens is 2. The molecule has 0 spiro atoms. The van der Waals surface area contributed by atoms with Crippen molar-refractivity contribution in [2.75, 3.05) is 0 Å². The van der Waals surface area contributed by atoms with Gasteiger partial charge in [0, 0.05) is 19.3 Å². The maximum Gasteiger partial charge on any atom is 0.255 e. The Hall–Kier alpha value is -3.49. The van der Waals surface area contributed by atoms with Gasteiger partial charge in [-0.3, -0.25) is 14.3 Å². The molecule has 3 N–H and O–H groups in total. The summed E-state index contributed by atoms with van der Waals surface area (Å²) in [6.45, 7) is 3.41. The van der Waals surface area contributed by atoms with Crippen molar-refractivity contribution in [2.24, 2.45) is 0 Å². The molecule has 32 heavy (non-hydrogen) atoms. The van der Waals surface area contributed by atoms with Crippen LogP contribution in [0.1, 0.15) is 27.9 Å². The van der Waals surface area contributed by atoms with Gasteiger partial charge in [-0.1, -0.05) is 48.5 Å². The maximum atomic E-state index is 12.6. The largest absolute Gasteiger partial charge is 0.380 e. The molecule has 166 valence electrons. The molecule has 8 nitrogen and oxygen atoms in total. The number of aryl methyl sites for hydroxylation is 1. The van der Waals surface area contributed by atoms with Crippen molar-refractivity contribution in [3.63, 3.8) is 0 Å². The Labute approximate surface area is 186 Å². The van der Waals surface area contributed by atoms with E-state index in [2.05, 4.69) is 10.4 Å². The van der Waals surface area contributed by atoms with E-state index in [1.807, 2.05) is 61.7 Å². The van der Waals surface area contributed by atoms with Gasteiger partial charge in [0.15, 0.2) is 12.2 Å². The lowest BCUT2D eigenvalue weighted by Crippen LogP contribution is -2.49. The van der Waals surface area contributed by atoms with E-state index in [0.29, 0.717) is 25.3 Å². The van der Waals surface area contributed by atoms with Crippen LogP contribution < -0.4 is 5.32 Å². The third kappa shape index (κ3) is 4.71. The molecule has 0 unspecified atom stereocenters. The summed E-state index contributed by atoms with van der Waals surface area (Å²) in [5.74, 6) is -1.50. The molecule has 0 fully saturated rings. The number of carbonyl (C=O) groups is 2. The molecule has 2 heterocycles. The van der Waals surface area contributed by atoms with Gasteiger partial charge in [0.2, 0.25) is 0 Å². The lowest BCUT2D eigenvalue weighted by molar-refractivity contribution is -0.153. The van der Waals surface area contributed by atoms with Crippen LogP contribution in [-0.2, 0) is 35.8 Å². The van der Waals surface area contributed by atoms with Crippen molar-refractivity contribution in [3.8, 4) is 0 Å². The first kappa shape index (κ1) is 21.7. The fourth-order valence-electron chi connectivity index (χ4n) is 3.78. The second kappa shape index (κ2) is 9.33. The summed E-state index contributed by atoms with van der Waals surface area (Å²) in [5, 5.41) is 27.4. The molecule has 0 saturated heterocycles. The Balaban J connectivity index is 1.29. The molecule has 4 rings (SSSR count). The molecule has 1 aliphatic rings. The summed E-state index contributed by atoms with van der Waals surface area (Å²) in [4.78, 5) is 26.3. The van der Waals surface area contributed by atoms with Gasteiger partial charge < -0.3 is 20.4 Å². The van der Waals surface area contributed by atoms with Gasteiger partial charge in [-0.25, -0.2) is 0 Å². The number of rotatable bonds is 7. The lowest BCUT2D eigenvalue weighted by Gasteiger charge is -2.22. The summed E-state index contributed by atoms with van der Waals surface area (Å²) in [6.07, 6.45) is -1.88. The topological polar surface area (TPSA) is 108 Å². The van der Waals surface area contributed by atoms with E-state index in [1.165, 1.54) is 10.5 Å². The monoisotopic (exact) mass is 434 g/mol. The van der Waals surface area contributed by atoms with Gasteiger partial charge >= 0.3 is 0 Å². The number of hydrogen-bond donors (Lipinski definition) is 3. The minimum atomic E-state index is -1.86. The highest BCUT2D eigenvalue weighted by atomic mass is 16.3. The van der Waals surface area contributed by atoms with Gasteiger partial charge in [0.05, 0.1) is 18.8 Å². The minimum absolute atomic E-state index is 0.0761. The molecule has 1 aliphatic heterocycles. The van der Waals surface area contributed by atoms with Gasteiger partial charge in [-0.15, -0.1) is 0 Å². The molecule has 1 aromatic heterocycles. The zero-order chi connectivity index (χ0) is 22.7. The Morgan fingerprint density at radius 3 is 2.34 bits per heavy atom. The third-order valence-corrected chi connectivity index (χ3v) is 5.71. The van der Waals surface area contributed by atoms with Crippen molar-refractivity contribution in [1.82, 2.24) is 20.0 Å². The lowest BCUT2D eigenvalue weighted by atomic mass is 10.1. The van der Waals surface area contributed by atoms with E-state index >= 15 is 0 Å². The summed E-state index contributed by atoms with van der Waals surface area (Å²) in [5.41, 5.74) is 4.91. The predicted octanol–water partition coefficient (Wildman–Crippen LogP) is 1.12. The van der Waals surface area contributed by atoms with Crippen LogP contribution in [0.3, 0.4) is 0 Å². The number of carbonyl (C=O) groups excluding carboxylic acids is 2. The zero-order valence-corrected chi connectivity index (χ0v) is 17.8. The van der Waals surface area contributed by atoms with Crippen LogP contribution in [0.2, 0.25) is 0 Å². The Morgan fingerprint density at radius 1 is 1.00 bits per heavy atom. The molecule has 2 atom stereocenters. The highest BCUT2D eigenvalue weighted by molar-refractivity contribution is 5.90. The van der Waals surface area contributed by atoms with E-state index in [4.69, 9.17) is 0 Å². The molecule has 0 saturated carbocycles. The summed E-state index contributed by atoms with van der Waals surface area (Å²) < 4.78 is 1.77. The molecule has 0 bridgehead atoms. The van der Waals surface area contributed by atoms with Crippen LogP contribution >= 0.6 is 0 Å². The number of nitrogens with zero attached hydrogens (tertiary/aromatic N) is 3. The Morgan fingerprint density at radius 2 is 1.66 bits per heavy atom. The van der Waals surface area contributed by atoms with Gasteiger partial charge in [-0.2, -0.15) is 5.10 Å². The van der Waals surface area contributed by atoms with Gasteiger partial charge in [-0.05, 0) is 35.2 Å². The second-order valence-electron chi connectivity index (χ2n) is 8.00. The predicted molar refractivity (Wildman–Crippen MR) is 117 cm³/mol. The first-order chi connectivity index (χ1) is 15.4. The highest BCUT2D eigenvalue weighted by Gasteiger charge is 2.35. The SMILES string of the molecule is Cc1ccccc1Cn1ccc(CNC(=O)[C@H](O)[C@@H](O)C(=O)N2Cc3ccccc3C2)n1. The number of fused-ring (bicyclic) bond motifs is 1. The van der Waals surface area contributed by atoms with Crippen molar-refractivity contribution in [1.29, 1.82) is 0 Å². The van der Waals surface area contributed by atoms with Crippen LogP contribution in [0, 0.1) is 6.92 Å². The first-order valence-electron chi connectivity index (χ1n) is 10.5. The number of aliphatic hydroxyl groups is 2. The quantitative estimate of drug-likeness (QED) is 0.517. The van der Waals surface area contributed by atoms with Crippen LogP contribution in [0.25, 0.3) is 0 Å². The van der Waals surface area contributed by atoms with Crippen molar-refractivity contribution in [3.05, 3.63) is 88.7 Å². The molecular formula is C24H26N4O4. The van der Waals surface area contributed by atoms with Gasteiger partial charge in [0.25, 0.3) is 11.8 Å². The van der Waals surface area contributed by atoms with Crippen LogP contribution in [0.15, 0.2) is 60.8 Å². The number of amides is 2. The standard InChI is InChI=1S/C24H26N4O4/c1-16-6-2-3-7-17(16)15-28-11-10-20(26-28)12-25-23(31)21(29)22(30)24(32)27-13-18-8-4-5-9-19(18)14-27/h2-11,21-22,29-30H,12-15H2,1H3,(H,25,31)/t21-,22-/m1/s1. The maximum absolute atomic E-state index is 12.6. The molecule has 0 radical (unpaired) electrons. The second-order valence-corrected chi connectivity index (χ2v) is 8.00. The average molecular weight is 434 g/mol. The fraction of sp³-hybridized carbons (Fsp3) is 0.292. The summed E-state index contributed by atoms with van der Waals surface area (Å²) >= 11 is 0. The number of aliphatic hydroxyl groups excluding tert-OH is 2. The van der Waals surface area contributed by atoms with E-state index in [0.717, 1.165) is 16.7 Å². The molecule has 3 aromatic rings. The summed E-state index contributed by atoms with van der Waals surface area (Å²) in [7, 11) is 0. The third-order valence-electron chi connectivity index (χ3n) is 5.71. The van der Waals surface area contributed by atoms with Crippen LogP contribution in [0.5, 0.6) is 0 Å². The van der Waals surface area contributed by atoms with Crippen LogP contribution in [0.4, 0.5) is 0 Å². The number of hydrogen-bond acceptors (Lipinski definition) is 5. The molecule has 2 aromatic carbocycles. The highest BCUT2D eigenvalue weighted by Crippen LogP contribution is 2.23. The average Bonchev–Trinajstić information content (AvgIpc) is 3.44. The molecule has 0 aliphatic carbocycles. The van der Waals surface area contributed by atoms with E-state index in [-0.39, 0.29) is 6.54 Å². The minimum Gasteiger partial charge on any atom is -0.380 e. The van der Waals surface area contributed by atoms with Crippen molar-refractivity contribution < 1.29 is 19.8 Å². The zero-order valence-electron chi connectivity index (χ0n) is 17.8. The molecule has 8 heteroatoms. The normalized spacial score (nSPS) is 14.7. The Bertz CT molecular complexity index is 1100. The first-order valence-corrected chi connectivity index (χ1v) is 10.5. The van der Waals surface area contributed by atoms with E-state index in [9.17, 15) is 19.8 Å². The van der Waals surface area contributed by atoms with Crippen molar-refractivity contribution in [2.45, 2.75) is 45.3 Å². The molecular weight excluding hydrogens is 408 g/mol. The van der Waals surface area contributed by atoms with Crippen molar-refractivity contribution >= 4 is 11.8 Å². The van der Waals surface area contributed by atoms with E-state index in [1.54, 1.807) is 10.7 Å². The number of nitrogens with one attached hydrogen (secondary N) is 1. The van der Waals surface area contributed by atoms with E-state index < -0.39 is 24.0 Å². The summed E-state index contributed by atoms with van der Waals surface area (Å²) in [6, 6.07) is 17.4. The van der Waals surface area contributed by atoms with Crippen LogP contribution in [-0.4, -0.2) is 48.9 Å². The molecule has 2 amide bonds. The smallest absolute Gasteiger partial charge is 0.255 e. The number of benzene rings is 2. The van der Waals surface area contributed by atoms with Gasteiger partial charge in [0.1, 0.15) is 0 Å². The fourth-order valence-corrected chi connectivity index (χ4v) is 3.78. The Kier molecular flexibility index (Phi) is 6.34.